The molecule has 1 N–H and O–H groups in total. The van der Waals surface area contributed by atoms with Gasteiger partial charge in [0.1, 0.15) is 0 Å². The smallest absolute Gasteiger partial charge is 0.162 e. The summed E-state index contributed by atoms with van der Waals surface area (Å²) in [6.07, 6.45) is 10.2. The number of aliphatic hydroxyl groups is 1. The Morgan fingerprint density at radius 1 is 0.938 bits per heavy atom. The van der Waals surface area contributed by atoms with Crippen LogP contribution < -0.4 is 0 Å². The Balaban J connectivity index is 0.000000334. The normalized spacial score (nSPS) is 14.0. The van der Waals surface area contributed by atoms with Crippen molar-refractivity contribution in [2.24, 2.45) is 11.8 Å². The number of fused-ring (bicyclic) bond motifs is 2. The number of aliphatic hydroxyl groups excluding tert-OH is 1. The van der Waals surface area contributed by atoms with E-state index < -0.39 is 8.07 Å². The van der Waals surface area contributed by atoms with Gasteiger partial charge >= 0.3 is 0 Å². The number of nitrogens with zero attached hydrogens (tertiary/aromatic N) is 1. The second kappa shape index (κ2) is 17.9. The van der Waals surface area contributed by atoms with Gasteiger partial charge in [-0.1, -0.05) is 101 Å². The van der Waals surface area contributed by atoms with E-state index in [0.717, 1.165) is 42.5 Å². The van der Waals surface area contributed by atoms with E-state index in [4.69, 9.17) is 4.98 Å². The summed E-state index contributed by atoms with van der Waals surface area (Å²) >= 11 is 0. The molecule has 1 heterocycles. The molecule has 0 spiro atoms. The van der Waals surface area contributed by atoms with E-state index in [9.17, 15) is 9.90 Å². The van der Waals surface area contributed by atoms with Crippen LogP contribution >= 0.6 is 0 Å². The van der Waals surface area contributed by atoms with Gasteiger partial charge in [-0.05, 0) is 87.1 Å². The zero-order chi connectivity index (χ0) is 34.3. The standard InChI is InChI=1S/C30H34NSi.C13H24O2.Ir/c1-20-14-21(2)30-27(22-10-6-7-11-22)18-28(31-29(30)15-20)24-16-23-12-8-9-13-26(23)25(17-24)19-32(3,4)5;1-5-10(6-2)12(14)9-13(15)11(7-3)8-4;/h8-9,12-15,17-18,22H,6-7,10-11,19H2,1-5H3;9-11,14H,5-8H2,1-4H3;/q-1;;/b;12-9-;. The van der Waals surface area contributed by atoms with Crippen LogP contribution in [0.15, 0.2) is 60.4 Å². The van der Waals surface area contributed by atoms with Crippen molar-refractivity contribution in [1.29, 1.82) is 0 Å². The molecule has 1 aliphatic carbocycles. The van der Waals surface area contributed by atoms with E-state index in [1.54, 1.807) is 0 Å². The van der Waals surface area contributed by atoms with Gasteiger partial charge in [0.05, 0.1) is 11.3 Å². The maximum atomic E-state index is 11.7. The fourth-order valence-electron chi connectivity index (χ4n) is 7.43. The Hall–Kier alpha value is -2.59. The number of aryl methyl sites for hydroxylation is 2. The van der Waals surface area contributed by atoms with Gasteiger partial charge in [-0.25, -0.2) is 0 Å². The summed E-state index contributed by atoms with van der Waals surface area (Å²) < 4.78 is 0. The molecule has 48 heavy (non-hydrogen) atoms. The maximum absolute atomic E-state index is 11.7. The third-order valence-electron chi connectivity index (χ3n) is 10.0. The predicted octanol–water partition coefficient (Wildman–Crippen LogP) is 12.4. The van der Waals surface area contributed by atoms with E-state index in [-0.39, 0.29) is 43.5 Å². The molecule has 0 bridgehead atoms. The molecule has 1 radical (unpaired) electrons. The second-order valence-corrected chi connectivity index (χ2v) is 20.5. The van der Waals surface area contributed by atoms with Gasteiger partial charge in [-0.3, -0.25) is 9.78 Å². The van der Waals surface area contributed by atoms with Crippen LogP contribution in [-0.4, -0.2) is 23.9 Å². The molecular weight excluding hydrogens is 783 g/mol. The molecule has 261 valence electrons. The van der Waals surface area contributed by atoms with Gasteiger partial charge in [0, 0.05) is 57.2 Å². The zero-order valence-corrected chi connectivity index (χ0v) is 34.3. The van der Waals surface area contributed by atoms with Gasteiger partial charge in [0.25, 0.3) is 0 Å². The minimum absolute atomic E-state index is 0. The van der Waals surface area contributed by atoms with Crippen molar-refractivity contribution in [3.05, 3.63) is 88.7 Å². The summed E-state index contributed by atoms with van der Waals surface area (Å²) in [5.41, 5.74) is 9.01. The van der Waals surface area contributed by atoms with Crippen molar-refractivity contribution in [2.45, 2.75) is 125 Å². The topological polar surface area (TPSA) is 50.2 Å². The van der Waals surface area contributed by atoms with E-state index in [1.807, 2.05) is 27.7 Å². The summed E-state index contributed by atoms with van der Waals surface area (Å²) in [7, 11) is -1.26. The molecule has 3 nitrogen and oxygen atoms in total. The predicted molar refractivity (Wildman–Crippen MR) is 205 cm³/mol. The molecular formula is C43H58IrNO2Si-. The van der Waals surface area contributed by atoms with E-state index >= 15 is 0 Å². The van der Waals surface area contributed by atoms with Gasteiger partial charge < -0.3 is 5.11 Å². The van der Waals surface area contributed by atoms with Gasteiger partial charge in [-0.15, -0.1) is 29.1 Å². The second-order valence-electron chi connectivity index (χ2n) is 15.0. The van der Waals surface area contributed by atoms with Crippen molar-refractivity contribution in [1.82, 2.24) is 4.98 Å². The number of rotatable bonds is 11. The van der Waals surface area contributed by atoms with Crippen LogP contribution in [0.1, 0.15) is 107 Å². The number of aromatic nitrogens is 1. The monoisotopic (exact) mass is 841 g/mol. The molecule has 3 aromatic carbocycles. The molecule has 1 aliphatic rings. The molecule has 0 aliphatic heterocycles. The molecule has 0 saturated heterocycles. The minimum Gasteiger partial charge on any atom is -0.512 e. The van der Waals surface area contributed by atoms with E-state index in [1.165, 1.54) is 76.2 Å². The Labute approximate surface area is 305 Å². The summed E-state index contributed by atoms with van der Waals surface area (Å²) in [5.74, 6) is 1.20. The zero-order valence-electron chi connectivity index (χ0n) is 30.9. The van der Waals surface area contributed by atoms with Crippen LogP contribution in [0.3, 0.4) is 0 Å². The number of carbonyl (C=O) groups excluding carboxylic acids is 1. The molecule has 1 saturated carbocycles. The fourth-order valence-corrected chi connectivity index (χ4v) is 8.86. The number of pyridine rings is 1. The fraction of sp³-hybridized carbons (Fsp3) is 0.488. The summed E-state index contributed by atoms with van der Waals surface area (Å²) in [6.45, 7) is 19.9. The number of allylic oxidation sites excluding steroid dienone is 2. The van der Waals surface area contributed by atoms with Crippen LogP contribution in [0.4, 0.5) is 0 Å². The third-order valence-corrected chi connectivity index (χ3v) is 11.5. The Kier molecular flexibility index (Phi) is 14.8. The average Bonchev–Trinajstić information content (AvgIpc) is 3.56. The number of hydrogen-bond donors (Lipinski definition) is 1. The van der Waals surface area contributed by atoms with Crippen molar-refractivity contribution in [2.75, 3.05) is 0 Å². The number of ketones is 1. The van der Waals surface area contributed by atoms with Gasteiger partial charge in [-0.2, -0.15) is 0 Å². The van der Waals surface area contributed by atoms with Crippen LogP contribution in [0, 0.1) is 31.7 Å². The average molecular weight is 841 g/mol. The maximum Gasteiger partial charge on any atom is 0.162 e. The Morgan fingerprint density at radius 3 is 2.17 bits per heavy atom. The number of hydrogen-bond acceptors (Lipinski definition) is 3. The van der Waals surface area contributed by atoms with Crippen LogP contribution in [-0.2, 0) is 30.9 Å². The van der Waals surface area contributed by atoms with Crippen LogP contribution in [0.25, 0.3) is 32.9 Å². The molecule has 0 unspecified atom stereocenters. The Morgan fingerprint density at radius 2 is 1.56 bits per heavy atom. The van der Waals surface area contributed by atoms with Gasteiger partial charge in [0.2, 0.25) is 0 Å². The summed E-state index contributed by atoms with van der Waals surface area (Å²) in [5, 5.41) is 13.7. The molecule has 4 aromatic rings. The minimum atomic E-state index is -1.26. The van der Waals surface area contributed by atoms with Crippen molar-refractivity contribution < 1.29 is 30.0 Å². The number of benzene rings is 3. The van der Waals surface area contributed by atoms with Crippen LogP contribution in [0.2, 0.25) is 19.6 Å². The quantitative estimate of drug-likeness (QED) is 0.0708. The summed E-state index contributed by atoms with van der Waals surface area (Å²) in [6, 6.07) is 23.0. The molecule has 5 heteroatoms. The molecule has 5 rings (SSSR count). The first kappa shape index (κ1) is 39.8. The molecule has 1 aromatic heterocycles. The molecule has 0 atom stereocenters. The largest absolute Gasteiger partial charge is 0.512 e. The first-order valence-electron chi connectivity index (χ1n) is 18.2. The van der Waals surface area contributed by atoms with Crippen LogP contribution in [0.5, 0.6) is 0 Å². The number of carbonyl (C=O) groups is 1. The molecule has 0 amide bonds. The van der Waals surface area contributed by atoms with E-state index in [2.05, 4.69) is 88.1 Å². The SMILES string of the molecule is CCC(CC)C(=O)/C=C(\O)C(CC)CC.Cc1cc(C)c2c(C3CCCC3)cc(-c3[c-]c4ccccc4c(C[Si](C)(C)C)c3)nc2c1.[Ir]. The van der Waals surface area contributed by atoms with Crippen molar-refractivity contribution in [3.63, 3.8) is 0 Å². The first-order chi connectivity index (χ1) is 22.4. The Bertz CT molecular complexity index is 1710. The first-order valence-corrected chi connectivity index (χ1v) is 21.9. The van der Waals surface area contributed by atoms with E-state index in [0.29, 0.717) is 5.92 Å². The van der Waals surface area contributed by atoms with Gasteiger partial charge in [0.15, 0.2) is 5.78 Å². The van der Waals surface area contributed by atoms with Crippen molar-refractivity contribution in [3.8, 4) is 11.3 Å². The molecule has 1 fully saturated rings. The van der Waals surface area contributed by atoms with Crippen molar-refractivity contribution >= 4 is 35.5 Å². The third kappa shape index (κ3) is 9.99. The summed E-state index contributed by atoms with van der Waals surface area (Å²) in [4.78, 5) is 16.9.